The van der Waals surface area contributed by atoms with Crippen LogP contribution in [0, 0.1) is 12.8 Å². The second-order valence-corrected chi connectivity index (χ2v) is 7.07. The van der Waals surface area contributed by atoms with E-state index in [1.807, 2.05) is 6.92 Å². The van der Waals surface area contributed by atoms with Gasteiger partial charge in [0.05, 0.1) is 18.0 Å². The summed E-state index contributed by atoms with van der Waals surface area (Å²) in [5.41, 5.74) is 3.48. The fourth-order valence-electron chi connectivity index (χ4n) is 3.77. The average molecular weight is 339 g/mol. The number of anilines is 1. The van der Waals surface area contributed by atoms with Crippen LogP contribution in [0.4, 0.5) is 5.82 Å². The molecule has 4 rings (SSSR count). The third-order valence-corrected chi connectivity index (χ3v) is 5.28. The zero-order valence-electron chi connectivity index (χ0n) is 14.8. The largest absolute Gasteiger partial charge is 0.476 e. The third kappa shape index (κ3) is 3.72. The fourth-order valence-corrected chi connectivity index (χ4v) is 3.77. The van der Waals surface area contributed by atoms with Crippen LogP contribution in [0.25, 0.3) is 0 Å². The van der Waals surface area contributed by atoms with Gasteiger partial charge in [-0.25, -0.2) is 4.98 Å². The highest BCUT2D eigenvalue weighted by Gasteiger charge is 2.22. The molecule has 1 fully saturated rings. The van der Waals surface area contributed by atoms with Gasteiger partial charge < -0.3 is 9.64 Å². The molecule has 0 N–H and O–H groups in total. The molecule has 0 spiro atoms. The molecule has 25 heavy (non-hydrogen) atoms. The van der Waals surface area contributed by atoms with E-state index in [9.17, 15) is 0 Å². The highest BCUT2D eigenvalue weighted by molar-refractivity contribution is 5.42. The monoisotopic (exact) mass is 339 g/mol. The van der Waals surface area contributed by atoms with Crippen LogP contribution in [0.1, 0.15) is 42.6 Å². The van der Waals surface area contributed by atoms with Crippen LogP contribution in [0.5, 0.6) is 5.88 Å². The molecule has 6 heteroatoms. The van der Waals surface area contributed by atoms with E-state index >= 15 is 0 Å². The van der Waals surface area contributed by atoms with Gasteiger partial charge in [-0.15, -0.1) is 5.10 Å². The van der Waals surface area contributed by atoms with Crippen LogP contribution >= 0.6 is 0 Å². The van der Waals surface area contributed by atoms with Crippen LogP contribution in [-0.4, -0.2) is 39.9 Å². The molecule has 0 aromatic carbocycles. The SMILES string of the molecule is Cc1nccnc1N1CCC(COc2cc3c(nn2)CCCC3)CC1. The topological polar surface area (TPSA) is 64.0 Å². The summed E-state index contributed by atoms with van der Waals surface area (Å²) < 4.78 is 5.96. The number of fused-ring (bicyclic) bond motifs is 1. The van der Waals surface area contributed by atoms with Crippen LogP contribution in [0.2, 0.25) is 0 Å². The number of nitrogens with zero attached hydrogens (tertiary/aromatic N) is 5. The molecule has 0 radical (unpaired) electrons. The Morgan fingerprint density at radius 1 is 1.08 bits per heavy atom. The van der Waals surface area contributed by atoms with Gasteiger partial charge in [-0.2, -0.15) is 5.10 Å². The van der Waals surface area contributed by atoms with Crippen LogP contribution in [0.3, 0.4) is 0 Å². The summed E-state index contributed by atoms with van der Waals surface area (Å²) in [5, 5.41) is 8.60. The van der Waals surface area contributed by atoms with Crippen LogP contribution in [0.15, 0.2) is 18.5 Å². The Kier molecular flexibility index (Phi) is 4.76. The smallest absolute Gasteiger partial charge is 0.233 e. The Balaban J connectivity index is 1.30. The molecule has 0 unspecified atom stereocenters. The predicted octanol–water partition coefficient (Wildman–Crippen LogP) is 2.75. The molecular weight excluding hydrogens is 314 g/mol. The number of aryl methyl sites for hydroxylation is 3. The number of ether oxygens (including phenoxy) is 1. The molecule has 0 atom stereocenters. The van der Waals surface area contributed by atoms with Gasteiger partial charge in [-0.3, -0.25) is 4.98 Å². The molecule has 132 valence electrons. The summed E-state index contributed by atoms with van der Waals surface area (Å²) in [5.74, 6) is 2.27. The van der Waals surface area contributed by atoms with Crippen molar-refractivity contribution in [3.8, 4) is 5.88 Å². The van der Waals surface area contributed by atoms with Crippen molar-refractivity contribution in [3.63, 3.8) is 0 Å². The molecule has 0 bridgehead atoms. The van der Waals surface area contributed by atoms with Crippen molar-refractivity contribution in [3.05, 3.63) is 35.4 Å². The Morgan fingerprint density at radius 2 is 1.88 bits per heavy atom. The molecule has 2 aliphatic rings. The number of aromatic nitrogens is 4. The molecule has 2 aromatic heterocycles. The van der Waals surface area contributed by atoms with Crippen LogP contribution in [-0.2, 0) is 12.8 Å². The van der Waals surface area contributed by atoms with E-state index < -0.39 is 0 Å². The van der Waals surface area contributed by atoms with E-state index in [1.54, 1.807) is 12.4 Å². The maximum absolute atomic E-state index is 5.96. The highest BCUT2D eigenvalue weighted by atomic mass is 16.5. The molecule has 1 aliphatic carbocycles. The normalized spacial score (nSPS) is 18.0. The lowest BCUT2D eigenvalue weighted by Crippen LogP contribution is -2.36. The standard InChI is InChI=1S/C19H25N5O/c1-14-19(21-9-8-20-14)24-10-6-15(7-11-24)13-25-18-12-16-4-2-3-5-17(16)22-23-18/h8-9,12,15H,2-7,10-11,13H2,1H3. The molecule has 3 heterocycles. The molecule has 2 aromatic rings. The van der Waals surface area contributed by atoms with Crippen molar-refractivity contribution < 1.29 is 4.74 Å². The van der Waals surface area contributed by atoms with E-state index in [2.05, 4.69) is 31.1 Å². The molecule has 1 saturated heterocycles. The molecular formula is C19H25N5O. The van der Waals surface area contributed by atoms with Gasteiger partial charge in [0.25, 0.3) is 0 Å². The summed E-state index contributed by atoms with van der Waals surface area (Å²) in [6, 6.07) is 2.10. The van der Waals surface area contributed by atoms with E-state index in [1.165, 1.54) is 18.4 Å². The predicted molar refractivity (Wildman–Crippen MR) is 95.9 cm³/mol. The fraction of sp³-hybridized carbons (Fsp3) is 0.579. The highest BCUT2D eigenvalue weighted by Crippen LogP contribution is 2.25. The van der Waals surface area contributed by atoms with Crippen molar-refractivity contribution >= 4 is 5.82 Å². The summed E-state index contributed by atoms with van der Waals surface area (Å²) in [4.78, 5) is 11.1. The maximum Gasteiger partial charge on any atom is 0.233 e. The van der Waals surface area contributed by atoms with Crippen molar-refractivity contribution in [1.82, 2.24) is 20.2 Å². The van der Waals surface area contributed by atoms with Crippen molar-refractivity contribution in [2.24, 2.45) is 5.92 Å². The zero-order chi connectivity index (χ0) is 17.1. The van der Waals surface area contributed by atoms with Crippen LogP contribution < -0.4 is 9.64 Å². The van der Waals surface area contributed by atoms with Gasteiger partial charge in [0.15, 0.2) is 0 Å². The summed E-state index contributed by atoms with van der Waals surface area (Å²) in [6.45, 7) is 4.75. The number of hydrogen-bond donors (Lipinski definition) is 0. The van der Waals surface area contributed by atoms with Crippen molar-refractivity contribution in [1.29, 1.82) is 0 Å². The first-order valence-corrected chi connectivity index (χ1v) is 9.30. The molecule has 6 nitrogen and oxygen atoms in total. The van der Waals surface area contributed by atoms with Gasteiger partial charge >= 0.3 is 0 Å². The first-order valence-electron chi connectivity index (χ1n) is 9.30. The molecule has 0 amide bonds. The average Bonchev–Trinajstić information content (AvgIpc) is 2.67. The Hall–Kier alpha value is -2.24. The summed E-state index contributed by atoms with van der Waals surface area (Å²) >= 11 is 0. The molecule has 1 aliphatic heterocycles. The Bertz CT molecular complexity index is 728. The van der Waals surface area contributed by atoms with E-state index in [-0.39, 0.29) is 0 Å². The second-order valence-electron chi connectivity index (χ2n) is 7.07. The third-order valence-electron chi connectivity index (χ3n) is 5.28. The number of hydrogen-bond acceptors (Lipinski definition) is 6. The Morgan fingerprint density at radius 3 is 2.72 bits per heavy atom. The number of rotatable bonds is 4. The van der Waals surface area contributed by atoms with Gasteiger partial charge in [-0.05, 0) is 56.9 Å². The maximum atomic E-state index is 5.96. The van der Waals surface area contributed by atoms with Gasteiger partial charge in [0, 0.05) is 31.5 Å². The van der Waals surface area contributed by atoms with Crippen molar-refractivity contribution in [2.45, 2.75) is 45.4 Å². The lowest BCUT2D eigenvalue weighted by atomic mass is 9.97. The van der Waals surface area contributed by atoms with Gasteiger partial charge in [-0.1, -0.05) is 0 Å². The van der Waals surface area contributed by atoms with E-state index in [0.717, 1.165) is 62.6 Å². The van der Waals surface area contributed by atoms with E-state index in [0.29, 0.717) is 11.8 Å². The lowest BCUT2D eigenvalue weighted by molar-refractivity contribution is 0.213. The minimum Gasteiger partial charge on any atom is -0.476 e. The zero-order valence-corrected chi connectivity index (χ0v) is 14.8. The number of piperidine rings is 1. The first kappa shape index (κ1) is 16.2. The van der Waals surface area contributed by atoms with E-state index in [4.69, 9.17) is 4.74 Å². The Labute approximate surface area is 148 Å². The van der Waals surface area contributed by atoms with Gasteiger partial charge in [0.1, 0.15) is 5.82 Å². The summed E-state index contributed by atoms with van der Waals surface area (Å²) in [6.07, 6.45) is 10.4. The first-order chi connectivity index (χ1) is 12.3. The minimum absolute atomic E-state index is 0.561. The van der Waals surface area contributed by atoms with Crippen molar-refractivity contribution in [2.75, 3.05) is 24.6 Å². The quantitative estimate of drug-likeness (QED) is 0.853. The second kappa shape index (κ2) is 7.33. The lowest BCUT2D eigenvalue weighted by Gasteiger charge is -2.33. The van der Waals surface area contributed by atoms with Gasteiger partial charge in [0.2, 0.25) is 5.88 Å². The summed E-state index contributed by atoms with van der Waals surface area (Å²) in [7, 11) is 0. The molecule has 0 saturated carbocycles. The minimum atomic E-state index is 0.561.